The molecule has 0 spiro atoms. The number of aryl methyl sites for hydroxylation is 3. The Hall–Kier alpha value is -3.45. The zero-order valence-corrected chi connectivity index (χ0v) is 18.0. The second-order valence-electron chi connectivity index (χ2n) is 8.06. The van der Waals surface area contributed by atoms with Crippen LogP contribution in [0.2, 0.25) is 0 Å². The number of hydrogen-bond donors (Lipinski definition) is 2. The van der Waals surface area contributed by atoms with Crippen molar-refractivity contribution in [1.29, 1.82) is 0 Å². The number of imidazole rings is 1. The van der Waals surface area contributed by atoms with Gasteiger partial charge in [-0.1, -0.05) is 36.4 Å². The van der Waals surface area contributed by atoms with Crippen molar-refractivity contribution >= 4 is 28.9 Å². The zero-order chi connectivity index (χ0) is 22.3. The Morgan fingerprint density at radius 3 is 2.72 bits per heavy atom. The monoisotopic (exact) mass is 432 g/mol. The number of nitrogens with one attached hydrogen (secondary N) is 1. The zero-order valence-electron chi connectivity index (χ0n) is 18.0. The van der Waals surface area contributed by atoms with Gasteiger partial charge in [-0.25, -0.2) is 10.5 Å². The molecule has 166 valence electrons. The minimum Gasteiger partial charge on any atom is -0.343 e. The molecule has 2 amide bonds. The molecule has 3 aromatic rings. The number of hydrogen-bond acceptors (Lipinski definition) is 4. The van der Waals surface area contributed by atoms with Gasteiger partial charge in [0, 0.05) is 38.6 Å². The number of carbonyl (C=O) groups excluding carboxylic acids is 2. The largest absolute Gasteiger partial charge is 0.343 e. The maximum absolute atomic E-state index is 11.9. The van der Waals surface area contributed by atoms with Gasteiger partial charge in [0.15, 0.2) is 0 Å². The van der Waals surface area contributed by atoms with Gasteiger partial charge in [0.1, 0.15) is 5.82 Å². The number of fused-ring (bicyclic) bond motifs is 1. The molecule has 1 aliphatic heterocycles. The Kier molecular flexibility index (Phi) is 6.97. The van der Waals surface area contributed by atoms with Gasteiger partial charge in [0.2, 0.25) is 5.91 Å². The predicted octanol–water partition coefficient (Wildman–Crippen LogP) is 3.35. The summed E-state index contributed by atoms with van der Waals surface area (Å²) < 4.78 is 2.26. The van der Waals surface area contributed by atoms with E-state index in [1.54, 1.807) is 11.6 Å². The molecule has 2 N–H and O–H groups in total. The summed E-state index contributed by atoms with van der Waals surface area (Å²) in [6.07, 6.45) is 7.15. The van der Waals surface area contributed by atoms with E-state index in [1.807, 2.05) is 41.3 Å². The standard InChI is InChI=1S/C25H28N4O3/c30-24(27-32)14-11-20-9-12-22-21(18-20)26-23(13-10-19-6-2-1-3-7-19)29(22)17-5-16-28-15-4-8-25(28)31/h1-3,6-7,9,11-12,14,18,32H,4-5,8,10,13,15-17H2,(H,27,30)/b14-11+. The first kappa shape index (κ1) is 21.8. The van der Waals surface area contributed by atoms with Crippen LogP contribution in [0.25, 0.3) is 17.1 Å². The van der Waals surface area contributed by atoms with Crippen LogP contribution in [0, 0.1) is 0 Å². The molecule has 2 heterocycles. The van der Waals surface area contributed by atoms with E-state index in [0.717, 1.165) is 67.7 Å². The second kappa shape index (κ2) is 10.2. The van der Waals surface area contributed by atoms with E-state index in [0.29, 0.717) is 6.42 Å². The Bertz CT molecular complexity index is 1120. The highest BCUT2D eigenvalue weighted by atomic mass is 16.5. The number of carbonyl (C=O) groups is 2. The number of rotatable bonds is 9. The summed E-state index contributed by atoms with van der Waals surface area (Å²) >= 11 is 0. The average molecular weight is 433 g/mol. The molecule has 1 fully saturated rings. The van der Waals surface area contributed by atoms with Gasteiger partial charge in [0.25, 0.3) is 5.91 Å². The molecule has 1 aliphatic rings. The summed E-state index contributed by atoms with van der Waals surface area (Å²) in [6, 6.07) is 16.3. The number of aromatic nitrogens is 2. The van der Waals surface area contributed by atoms with Crippen molar-refractivity contribution in [2.45, 2.75) is 38.6 Å². The molecule has 0 bridgehead atoms. The summed E-state index contributed by atoms with van der Waals surface area (Å²) in [4.78, 5) is 30.1. The molecule has 0 radical (unpaired) electrons. The molecule has 0 atom stereocenters. The van der Waals surface area contributed by atoms with Gasteiger partial charge in [-0.05, 0) is 48.6 Å². The molecule has 0 saturated carbocycles. The van der Waals surface area contributed by atoms with Gasteiger partial charge in [-0.2, -0.15) is 0 Å². The van der Waals surface area contributed by atoms with Gasteiger partial charge < -0.3 is 9.47 Å². The average Bonchev–Trinajstić information content (AvgIpc) is 3.39. The molecule has 0 unspecified atom stereocenters. The summed E-state index contributed by atoms with van der Waals surface area (Å²) in [6.45, 7) is 2.43. The third-order valence-corrected chi connectivity index (χ3v) is 5.85. The van der Waals surface area contributed by atoms with Crippen molar-refractivity contribution < 1.29 is 14.8 Å². The van der Waals surface area contributed by atoms with Gasteiger partial charge in [-0.3, -0.25) is 14.8 Å². The predicted molar refractivity (Wildman–Crippen MR) is 123 cm³/mol. The molecule has 4 rings (SSSR count). The molecule has 7 nitrogen and oxygen atoms in total. The lowest BCUT2D eigenvalue weighted by molar-refractivity contribution is -0.127. The summed E-state index contributed by atoms with van der Waals surface area (Å²) in [5.41, 5.74) is 5.62. The smallest absolute Gasteiger partial charge is 0.267 e. The van der Waals surface area contributed by atoms with E-state index < -0.39 is 5.91 Å². The molecule has 7 heteroatoms. The number of benzene rings is 2. The van der Waals surface area contributed by atoms with Crippen LogP contribution in [0.1, 0.15) is 36.2 Å². The Morgan fingerprint density at radius 2 is 1.97 bits per heavy atom. The first-order valence-corrected chi connectivity index (χ1v) is 11.1. The van der Waals surface area contributed by atoms with Crippen molar-refractivity contribution in [2.24, 2.45) is 0 Å². The number of hydroxylamine groups is 1. The maximum atomic E-state index is 11.9. The van der Waals surface area contributed by atoms with E-state index in [-0.39, 0.29) is 5.91 Å². The van der Waals surface area contributed by atoms with Gasteiger partial charge in [0.05, 0.1) is 11.0 Å². The van der Waals surface area contributed by atoms with Crippen LogP contribution >= 0.6 is 0 Å². The van der Waals surface area contributed by atoms with E-state index in [9.17, 15) is 9.59 Å². The number of nitrogens with zero attached hydrogens (tertiary/aromatic N) is 3. The van der Waals surface area contributed by atoms with E-state index in [2.05, 4.69) is 16.7 Å². The third-order valence-electron chi connectivity index (χ3n) is 5.85. The van der Waals surface area contributed by atoms with E-state index >= 15 is 0 Å². The van der Waals surface area contributed by atoms with E-state index in [1.165, 1.54) is 11.6 Å². The fraction of sp³-hybridized carbons (Fsp3) is 0.320. The van der Waals surface area contributed by atoms with Gasteiger partial charge in [-0.15, -0.1) is 0 Å². The van der Waals surface area contributed by atoms with Crippen LogP contribution in [0.15, 0.2) is 54.6 Å². The van der Waals surface area contributed by atoms with Crippen LogP contribution in [-0.2, 0) is 29.0 Å². The SMILES string of the molecule is O=C(/C=C/c1ccc2c(c1)nc(CCc1ccccc1)n2CCCN1CCCC1=O)NO. The highest BCUT2D eigenvalue weighted by molar-refractivity contribution is 5.91. The summed E-state index contributed by atoms with van der Waals surface area (Å²) in [7, 11) is 0. The lowest BCUT2D eigenvalue weighted by Crippen LogP contribution is -2.26. The molecular formula is C25H28N4O3. The molecular weight excluding hydrogens is 404 g/mol. The highest BCUT2D eigenvalue weighted by Gasteiger charge is 2.19. The minimum absolute atomic E-state index is 0.258. The van der Waals surface area contributed by atoms with Crippen LogP contribution in [0.5, 0.6) is 0 Å². The van der Waals surface area contributed by atoms with Crippen molar-refractivity contribution in [2.75, 3.05) is 13.1 Å². The highest BCUT2D eigenvalue weighted by Crippen LogP contribution is 2.21. The quantitative estimate of drug-likeness (QED) is 0.308. The minimum atomic E-state index is -0.573. The summed E-state index contributed by atoms with van der Waals surface area (Å²) in [5, 5.41) is 8.66. The maximum Gasteiger partial charge on any atom is 0.267 e. The van der Waals surface area contributed by atoms with Crippen LogP contribution in [0.4, 0.5) is 0 Å². The lowest BCUT2D eigenvalue weighted by Gasteiger charge is -2.16. The van der Waals surface area contributed by atoms with Crippen molar-refractivity contribution in [3.05, 3.63) is 71.6 Å². The topological polar surface area (TPSA) is 87.5 Å². The molecule has 0 aliphatic carbocycles. The Labute approximate surface area is 187 Å². The van der Waals surface area contributed by atoms with Crippen molar-refractivity contribution in [3.63, 3.8) is 0 Å². The fourth-order valence-electron chi connectivity index (χ4n) is 4.21. The Balaban J connectivity index is 1.55. The summed E-state index contributed by atoms with van der Waals surface area (Å²) in [5.74, 6) is 0.703. The van der Waals surface area contributed by atoms with Crippen molar-refractivity contribution in [3.8, 4) is 0 Å². The normalized spacial score (nSPS) is 14.0. The first-order valence-electron chi connectivity index (χ1n) is 11.1. The Morgan fingerprint density at radius 1 is 1.12 bits per heavy atom. The molecule has 1 aromatic heterocycles. The lowest BCUT2D eigenvalue weighted by atomic mass is 10.1. The van der Waals surface area contributed by atoms with Crippen LogP contribution in [0.3, 0.4) is 0 Å². The number of amides is 2. The first-order chi connectivity index (χ1) is 15.6. The van der Waals surface area contributed by atoms with E-state index in [4.69, 9.17) is 10.2 Å². The van der Waals surface area contributed by atoms with Crippen LogP contribution < -0.4 is 5.48 Å². The van der Waals surface area contributed by atoms with Crippen LogP contribution in [-0.4, -0.2) is 44.6 Å². The number of likely N-dealkylation sites (tertiary alicyclic amines) is 1. The van der Waals surface area contributed by atoms with Gasteiger partial charge >= 0.3 is 0 Å². The third kappa shape index (κ3) is 5.23. The molecule has 32 heavy (non-hydrogen) atoms. The molecule has 1 saturated heterocycles. The fourth-order valence-corrected chi connectivity index (χ4v) is 4.21. The molecule has 2 aromatic carbocycles. The van der Waals surface area contributed by atoms with Crippen molar-refractivity contribution in [1.82, 2.24) is 19.9 Å². The second-order valence-corrected chi connectivity index (χ2v) is 8.06.